The van der Waals surface area contributed by atoms with Crippen LogP contribution in [0.5, 0.6) is 5.75 Å². The molecule has 1 saturated heterocycles. The number of hydrogen-bond acceptors (Lipinski definition) is 4. The molecule has 0 spiro atoms. The standard InChI is InChI=1S/C23H26BrN3O3S/c1-2-3-14-30-20-11-10-16(15-18(20)24)21(28)26-23(31)25-19-9-5-4-8-17(19)22(29)27-12-6-7-13-27/h4-5,8-11,15H,2-3,6-7,12-14H2,1H3,(H2,25,26,28,31). The number of anilines is 1. The highest BCUT2D eigenvalue weighted by atomic mass is 79.9. The van der Waals surface area contributed by atoms with Crippen molar-refractivity contribution in [3.63, 3.8) is 0 Å². The first-order valence-corrected chi connectivity index (χ1v) is 11.6. The molecule has 0 atom stereocenters. The van der Waals surface area contributed by atoms with Crippen molar-refractivity contribution in [1.82, 2.24) is 10.2 Å². The van der Waals surface area contributed by atoms with Crippen LogP contribution < -0.4 is 15.4 Å². The number of carbonyl (C=O) groups is 2. The molecule has 6 nitrogen and oxygen atoms in total. The van der Waals surface area contributed by atoms with Gasteiger partial charge in [0.25, 0.3) is 11.8 Å². The van der Waals surface area contributed by atoms with E-state index in [9.17, 15) is 9.59 Å². The van der Waals surface area contributed by atoms with Gasteiger partial charge >= 0.3 is 0 Å². The Labute approximate surface area is 196 Å². The topological polar surface area (TPSA) is 70.7 Å². The van der Waals surface area contributed by atoms with Crippen LogP contribution in [0.15, 0.2) is 46.9 Å². The zero-order valence-corrected chi connectivity index (χ0v) is 19.9. The van der Waals surface area contributed by atoms with Crippen LogP contribution >= 0.6 is 28.1 Å². The number of nitrogens with one attached hydrogen (secondary N) is 2. The van der Waals surface area contributed by atoms with Crippen LogP contribution in [0.2, 0.25) is 0 Å². The summed E-state index contributed by atoms with van der Waals surface area (Å²) in [5.74, 6) is 0.319. The molecule has 1 aliphatic heterocycles. The summed E-state index contributed by atoms with van der Waals surface area (Å²) in [6, 6.07) is 12.3. The monoisotopic (exact) mass is 503 g/mol. The van der Waals surface area contributed by atoms with Gasteiger partial charge in [0.05, 0.1) is 22.3 Å². The molecule has 31 heavy (non-hydrogen) atoms. The number of amides is 2. The number of nitrogens with zero attached hydrogens (tertiary/aromatic N) is 1. The number of thiocarbonyl (C=S) groups is 1. The molecule has 0 saturated carbocycles. The Morgan fingerprint density at radius 3 is 2.61 bits per heavy atom. The molecule has 1 aliphatic rings. The van der Waals surface area contributed by atoms with Crippen LogP contribution in [0.1, 0.15) is 53.3 Å². The number of hydrogen-bond donors (Lipinski definition) is 2. The number of halogens is 1. The number of benzene rings is 2. The van der Waals surface area contributed by atoms with E-state index in [2.05, 4.69) is 33.5 Å². The van der Waals surface area contributed by atoms with E-state index in [1.807, 2.05) is 17.0 Å². The van der Waals surface area contributed by atoms with Crippen LogP contribution in [0.4, 0.5) is 5.69 Å². The van der Waals surface area contributed by atoms with Crippen LogP contribution in [-0.4, -0.2) is 41.5 Å². The van der Waals surface area contributed by atoms with Gasteiger partial charge < -0.3 is 15.0 Å². The number of ether oxygens (including phenoxy) is 1. The van der Waals surface area contributed by atoms with E-state index < -0.39 is 0 Å². The van der Waals surface area contributed by atoms with E-state index in [4.69, 9.17) is 17.0 Å². The Hall–Kier alpha value is -2.45. The highest BCUT2D eigenvalue weighted by Gasteiger charge is 2.22. The lowest BCUT2D eigenvalue weighted by Gasteiger charge is -2.18. The maximum absolute atomic E-state index is 12.8. The SMILES string of the molecule is CCCCOc1ccc(C(=O)NC(=S)Nc2ccccc2C(=O)N2CCCC2)cc1Br. The molecular formula is C23H26BrN3O3S. The van der Waals surface area contributed by atoms with Crippen molar-refractivity contribution in [1.29, 1.82) is 0 Å². The predicted octanol–water partition coefficient (Wildman–Crippen LogP) is 4.99. The molecule has 8 heteroatoms. The van der Waals surface area contributed by atoms with Gasteiger partial charge in [0.1, 0.15) is 5.75 Å². The maximum Gasteiger partial charge on any atom is 0.257 e. The lowest BCUT2D eigenvalue weighted by Crippen LogP contribution is -2.35. The molecule has 164 valence electrons. The Kier molecular flexibility index (Phi) is 8.43. The minimum Gasteiger partial charge on any atom is -0.492 e. The summed E-state index contributed by atoms with van der Waals surface area (Å²) in [5, 5.41) is 5.80. The predicted molar refractivity (Wildman–Crippen MR) is 130 cm³/mol. The molecule has 0 aromatic heterocycles. The minimum atomic E-state index is -0.346. The number of rotatable bonds is 7. The molecular weight excluding hydrogens is 478 g/mol. The number of para-hydroxylation sites is 1. The highest BCUT2D eigenvalue weighted by molar-refractivity contribution is 9.10. The van der Waals surface area contributed by atoms with Crippen LogP contribution in [-0.2, 0) is 0 Å². The van der Waals surface area contributed by atoms with Crippen molar-refractivity contribution in [2.75, 3.05) is 25.0 Å². The molecule has 0 unspecified atom stereocenters. The zero-order valence-electron chi connectivity index (χ0n) is 17.4. The van der Waals surface area contributed by atoms with Gasteiger partial charge in [-0.25, -0.2) is 0 Å². The summed E-state index contributed by atoms with van der Waals surface area (Å²) in [7, 11) is 0. The molecule has 2 amide bonds. The summed E-state index contributed by atoms with van der Waals surface area (Å²) >= 11 is 8.77. The molecule has 2 N–H and O–H groups in total. The van der Waals surface area contributed by atoms with Gasteiger partial charge in [-0.15, -0.1) is 0 Å². The quantitative estimate of drug-likeness (QED) is 0.411. The van der Waals surface area contributed by atoms with E-state index in [-0.39, 0.29) is 16.9 Å². The van der Waals surface area contributed by atoms with Crippen LogP contribution in [0, 0.1) is 0 Å². The molecule has 2 aromatic carbocycles. The van der Waals surface area contributed by atoms with Crippen molar-refractivity contribution >= 4 is 50.8 Å². The first-order chi connectivity index (χ1) is 15.0. The molecule has 0 radical (unpaired) electrons. The second-order valence-electron chi connectivity index (χ2n) is 7.30. The maximum atomic E-state index is 12.8. The van der Waals surface area contributed by atoms with Crippen molar-refractivity contribution in [3.05, 3.63) is 58.1 Å². The van der Waals surface area contributed by atoms with E-state index in [1.165, 1.54) is 0 Å². The fraction of sp³-hybridized carbons (Fsp3) is 0.348. The second kappa shape index (κ2) is 11.2. The molecule has 1 heterocycles. The largest absolute Gasteiger partial charge is 0.492 e. The average Bonchev–Trinajstić information content (AvgIpc) is 3.29. The Bertz CT molecular complexity index is 961. The van der Waals surface area contributed by atoms with Crippen molar-refractivity contribution in [3.8, 4) is 5.75 Å². The summed E-state index contributed by atoms with van der Waals surface area (Å²) < 4.78 is 6.40. The van der Waals surface area contributed by atoms with E-state index in [1.54, 1.807) is 30.3 Å². The van der Waals surface area contributed by atoms with Crippen LogP contribution in [0.25, 0.3) is 0 Å². The zero-order chi connectivity index (χ0) is 22.2. The Morgan fingerprint density at radius 1 is 1.16 bits per heavy atom. The highest BCUT2D eigenvalue weighted by Crippen LogP contribution is 2.26. The first kappa shape index (κ1) is 23.2. The molecule has 1 fully saturated rings. The lowest BCUT2D eigenvalue weighted by atomic mass is 10.1. The summed E-state index contributed by atoms with van der Waals surface area (Å²) in [5.41, 5.74) is 1.56. The van der Waals surface area contributed by atoms with Gasteiger partial charge in [-0.2, -0.15) is 0 Å². The molecule has 0 bridgehead atoms. The fourth-order valence-corrected chi connectivity index (χ4v) is 3.98. The van der Waals surface area contributed by atoms with Gasteiger partial charge in [-0.05, 0) is 77.7 Å². The Morgan fingerprint density at radius 2 is 1.90 bits per heavy atom. The Balaban J connectivity index is 1.63. The summed E-state index contributed by atoms with van der Waals surface area (Å²) in [6.45, 7) is 4.26. The molecule has 3 rings (SSSR count). The number of carbonyl (C=O) groups excluding carboxylic acids is 2. The normalized spacial score (nSPS) is 13.0. The van der Waals surface area contributed by atoms with Crippen molar-refractivity contribution in [2.24, 2.45) is 0 Å². The minimum absolute atomic E-state index is 0.0303. The van der Waals surface area contributed by atoms with E-state index in [0.29, 0.717) is 33.6 Å². The van der Waals surface area contributed by atoms with E-state index >= 15 is 0 Å². The lowest BCUT2D eigenvalue weighted by molar-refractivity contribution is 0.0793. The fourth-order valence-electron chi connectivity index (χ4n) is 3.28. The van der Waals surface area contributed by atoms with Gasteiger partial charge in [0.15, 0.2) is 5.11 Å². The second-order valence-corrected chi connectivity index (χ2v) is 8.56. The number of likely N-dealkylation sites (tertiary alicyclic amines) is 1. The third kappa shape index (κ3) is 6.27. The van der Waals surface area contributed by atoms with Gasteiger partial charge in [0, 0.05) is 18.7 Å². The smallest absolute Gasteiger partial charge is 0.257 e. The van der Waals surface area contributed by atoms with Gasteiger partial charge in [-0.1, -0.05) is 25.5 Å². The molecule has 0 aliphatic carbocycles. The van der Waals surface area contributed by atoms with Crippen molar-refractivity contribution < 1.29 is 14.3 Å². The molecule has 2 aromatic rings. The van der Waals surface area contributed by atoms with Crippen LogP contribution in [0.3, 0.4) is 0 Å². The third-order valence-electron chi connectivity index (χ3n) is 4.98. The van der Waals surface area contributed by atoms with Gasteiger partial charge in [-0.3, -0.25) is 14.9 Å². The third-order valence-corrected chi connectivity index (χ3v) is 5.80. The average molecular weight is 504 g/mol. The number of unbranched alkanes of at least 4 members (excludes halogenated alkanes) is 1. The first-order valence-electron chi connectivity index (χ1n) is 10.4. The summed E-state index contributed by atoms with van der Waals surface area (Å²) in [6.07, 6.45) is 4.06. The summed E-state index contributed by atoms with van der Waals surface area (Å²) in [4.78, 5) is 27.3. The van der Waals surface area contributed by atoms with E-state index in [0.717, 1.165) is 38.8 Å². The van der Waals surface area contributed by atoms with Crippen molar-refractivity contribution in [2.45, 2.75) is 32.6 Å². The van der Waals surface area contributed by atoms with Gasteiger partial charge in [0.2, 0.25) is 0 Å².